The minimum absolute atomic E-state index is 0.254. The van der Waals surface area contributed by atoms with E-state index in [0.717, 1.165) is 62.9 Å². The Morgan fingerprint density at radius 3 is 2.06 bits per heavy atom. The van der Waals surface area contributed by atoms with Gasteiger partial charge >= 0.3 is 0 Å². The van der Waals surface area contributed by atoms with Gasteiger partial charge in [0.15, 0.2) is 0 Å². The fraction of sp³-hybridized carbons (Fsp3) is 0.0851. The van der Waals surface area contributed by atoms with Gasteiger partial charge in [0.25, 0.3) is 0 Å². The van der Waals surface area contributed by atoms with Crippen LogP contribution in [0.5, 0.6) is 0 Å². The highest BCUT2D eigenvalue weighted by molar-refractivity contribution is 6.15. The molecule has 2 heterocycles. The van der Waals surface area contributed by atoms with Crippen molar-refractivity contribution in [1.82, 2.24) is 5.32 Å². The molecule has 0 saturated carbocycles. The molecule has 240 valence electrons. The molecular formula is C47H36N2O. The van der Waals surface area contributed by atoms with Crippen LogP contribution in [0.25, 0.3) is 60.7 Å². The molecule has 1 aliphatic rings. The summed E-state index contributed by atoms with van der Waals surface area (Å²) in [6.07, 6.45) is 1.46. The van der Waals surface area contributed by atoms with Gasteiger partial charge in [0.05, 0.1) is 0 Å². The number of benzene rings is 7. The molecule has 1 N–H and O–H groups in total. The minimum atomic E-state index is -0.254. The highest BCUT2D eigenvalue weighted by atomic mass is 16.3. The average molecular weight is 645 g/mol. The molecule has 0 bridgehead atoms. The summed E-state index contributed by atoms with van der Waals surface area (Å²) >= 11 is 0. The Balaban J connectivity index is 1.11. The largest absolute Gasteiger partial charge is 0.456 e. The van der Waals surface area contributed by atoms with E-state index >= 15 is 0 Å². The van der Waals surface area contributed by atoms with Gasteiger partial charge in [-0.3, -0.25) is 4.99 Å². The Kier molecular flexibility index (Phi) is 7.59. The molecule has 1 aliphatic heterocycles. The third-order valence-electron chi connectivity index (χ3n) is 10.0. The van der Waals surface area contributed by atoms with Crippen molar-refractivity contribution in [2.45, 2.75) is 25.9 Å². The molecule has 0 amide bonds. The first-order valence-corrected chi connectivity index (χ1v) is 17.4. The number of fused-ring (bicyclic) bond motifs is 4. The first kappa shape index (κ1) is 29.9. The predicted octanol–water partition coefficient (Wildman–Crippen LogP) is 12.4. The van der Waals surface area contributed by atoms with E-state index in [1.54, 1.807) is 0 Å². The van der Waals surface area contributed by atoms with Crippen LogP contribution in [0.2, 0.25) is 0 Å². The van der Waals surface area contributed by atoms with Gasteiger partial charge < -0.3 is 9.73 Å². The summed E-state index contributed by atoms with van der Waals surface area (Å²) < 4.78 is 6.28. The molecular weight excluding hydrogens is 609 g/mol. The van der Waals surface area contributed by atoms with E-state index in [1.165, 1.54) is 38.6 Å². The van der Waals surface area contributed by atoms with Gasteiger partial charge in [-0.15, -0.1) is 0 Å². The highest BCUT2D eigenvalue weighted by Crippen LogP contribution is 2.39. The van der Waals surface area contributed by atoms with Crippen molar-refractivity contribution in [3.05, 3.63) is 186 Å². The molecule has 0 fully saturated rings. The molecule has 7 aromatic carbocycles. The normalized spacial score (nSPS) is 17.6. The summed E-state index contributed by atoms with van der Waals surface area (Å²) in [6.45, 7) is 2.26. The third kappa shape index (κ3) is 5.47. The zero-order chi connectivity index (χ0) is 33.4. The summed E-state index contributed by atoms with van der Waals surface area (Å²) in [5.74, 6) is 0. The molecule has 50 heavy (non-hydrogen) atoms. The topological polar surface area (TPSA) is 37.5 Å². The van der Waals surface area contributed by atoms with Gasteiger partial charge in [0, 0.05) is 27.7 Å². The molecule has 3 heteroatoms. The van der Waals surface area contributed by atoms with E-state index in [9.17, 15) is 0 Å². The Morgan fingerprint density at radius 2 is 1.20 bits per heavy atom. The molecule has 0 saturated heterocycles. The second-order valence-electron chi connectivity index (χ2n) is 13.2. The van der Waals surface area contributed by atoms with Crippen molar-refractivity contribution in [2.24, 2.45) is 4.99 Å². The van der Waals surface area contributed by atoms with Crippen molar-refractivity contribution in [3.63, 3.8) is 0 Å². The maximum Gasteiger partial charge on any atom is 0.145 e. The molecule has 1 atom stereocenters. The Labute approximate surface area is 292 Å². The third-order valence-corrected chi connectivity index (χ3v) is 10.0. The monoisotopic (exact) mass is 644 g/mol. The standard InChI is InChI=1S/C47H36N2O/c1-31-22-29-42(39-17-8-7-16-38(39)40-19-11-21-44-45(40)41-18-9-10-20-43(41)50-44)48-47(35-13-3-2-4-14-35)49-46(31)34-26-23-33(24-27-34)37-28-25-32-12-5-6-15-36(32)30-37/h2-21,23-28,30,47,49H,22,29H2,1H3/b46-31-,48-42+. The van der Waals surface area contributed by atoms with Crippen molar-refractivity contribution >= 4 is 44.1 Å². The van der Waals surface area contributed by atoms with Gasteiger partial charge in [-0.05, 0) is 87.7 Å². The van der Waals surface area contributed by atoms with Gasteiger partial charge in [-0.2, -0.15) is 0 Å². The van der Waals surface area contributed by atoms with Gasteiger partial charge in [0.2, 0.25) is 0 Å². The van der Waals surface area contributed by atoms with E-state index in [0.29, 0.717) is 0 Å². The second-order valence-corrected chi connectivity index (χ2v) is 13.2. The van der Waals surface area contributed by atoms with Crippen LogP contribution >= 0.6 is 0 Å². The number of para-hydroxylation sites is 1. The lowest BCUT2D eigenvalue weighted by Crippen LogP contribution is -2.23. The zero-order valence-electron chi connectivity index (χ0n) is 27.9. The van der Waals surface area contributed by atoms with Crippen LogP contribution in [-0.2, 0) is 0 Å². The van der Waals surface area contributed by atoms with E-state index in [4.69, 9.17) is 9.41 Å². The van der Waals surface area contributed by atoms with E-state index in [1.807, 2.05) is 12.1 Å². The van der Waals surface area contributed by atoms with Gasteiger partial charge in [0.1, 0.15) is 17.3 Å². The lowest BCUT2D eigenvalue weighted by molar-refractivity contribution is 0.656. The first-order valence-electron chi connectivity index (χ1n) is 17.4. The molecule has 9 rings (SSSR count). The Bertz CT molecular complexity index is 2570. The lowest BCUT2D eigenvalue weighted by Gasteiger charge is -2.26. The second kappa shape index (κ2) is 12.7. The predicted molar refractivity (Wildman–Crippen MR) is 209 cm³/mol. The number of hydrogen-bond donors (Lipinski definition) is 1. The fourth-order valence-electron chi connectivity index (χ4n) is 7.44. The number of allylic oxidation sites excluding steroid dienone is 1. The number of furan rings is 1. The van der Waals surface area contributed by atoms with Gasteiger partial charge in [-0.25, -0.2) is 0 Å². The minimum Gasteiger partial charge on any atom is -0.456 e. The van der Waals surface area contributed by atoms with Gasteiger partial charge in [-0.1, -0.05) is 146 Å². The SMILES string of the molecule is C/C1=C(\c2ccc(-c3ccc4ccccc4c3)cc2)NC(c2ccccc2)/N=C(/c2ccccc2-c2cccc3oc4ccccc4c23)CC1. The van der Waals surface area contributed by atoms with E-state index in [-0.39, 0.29) is 6.17 Å². The van der Waals surface area contributed by atoms with Crippen molar-refractivity contribution < 1.29 is 4.42 Å². The summed E-state index contributed by atoms with van der Waals surface area (Å²) in [5, 5.41) is 8.70. The number of aliphatic imine (C=N–C) groups is 1. The summed E-state index contributed by atoms with van der Waals surface area (Å²) in [6, 6.07) is 58.2. The summed E-state index contributed by atoms with van der Waals surface area (Å²) in [4.78, 5) is 5.54. The van der Waals surface area contributed by atoms with E-state index in [2.05, 4.69) is 164 Å². The number of hydrogen-bond acceptors (Lipinski definition) is 3. The van der Waals surface area contributed by atoms with Crippen LogP contribution in [0.1, 0.15) is 42.6 Å². The number of nitrogens with one attached hydrogen (secondary N) is 1. The summed E-state index contributed by atoms with van der Waals surface area (Å²) in [5.41, 5.74) is 13.6. The van der Waals surface area contributed by atoms with Crippen LogP contribution in [0.4, 0.5) is 0 Å². The maximum absolute atomic E-state index is 6.28. The average Bonchev–Trinajstić information content (AvgIpc) is 3.56. The quantitative estimate of drug-likeness (QED) is 0.202. The molecule has 3 nitrogen and oxygen atoms in total. The number of nitrogens with zero attached hydrogens (tertiary/aromatic N) is 1. The first-order chi connectivity index (χ1) is 24.7. The highest BCUT2D eigenvalue weighted by Gasteiger charge is 2.22. The van der Waals surface area contributed by atoms with Crippen molar-refractivity contribution in [1.29, 1.82) is 0 Å². The molecule has 0 spiro atoms. The zero-order valence-corrected chi connectivity index (χ0v) is 27.9. The van der Waals surface area contributed by atoms with Crippen LogP contribution in [0.15, 0.2) is 179 Å². The van der Waals surface area contributed by atoms with Crippen LogP contribution in [0.3, 0.4) is 0 Å². The molecule has 1 aromatic heterocycles. The fourth-order valence-corrected chi connectivity index (χ4v) is 7.44. The van der Waals surface area contributed by atoms with E-state index < -0.39 is 0 Å². The van der Waals surface area contributed by atoms with Crippen LogP contribution in [0, 0.1) is 0 Å². The Hall–Kier alpha value is -6.19. The molecule has 8 aromatic rings. The van der Waals surface area contributed by atoms with Crippen LogP contribution in [-0.4, -0.2) is 5.71 Å². The molecule has 0 aliphatic carbocycles. The van der Waals surface area contributed by atoms with Crippen molar-refractivity contribution in [2.75, 3.05) is 0 Å². The van der Waals surface area contributed by atoms with Crippen LogP contribution < -0.4 is 5.32 Å². The lowest BCUT2D eigenvalue weighted by atomic mass is 9.90. The molecule has 1 unspecified atom stereocenters. The number of rotatable bonds is 5. The Morgan fingerprint density at radius 1 is 0.540 bits per heavy atom. The smallest absolute Gasteiger partial charge is 0.145 e. The molecule has 0 radical (unpaired) electrons. The summed E-state index contributed by atoms with van der Waals surface area (Å²) in [7, 11) is 0. The van der Waals surface area contributed by atoms with Crippen molar-refractivity contribution in [3.8, 4) is 22.3 Å². The maximum atomic E-state index is 6.28.